The van der Waals surface area contributed by atoms with E-state index in [-0.39, 0.29) is 18.4 Å². The number of halogens is 3. The molecule has 0 bridgehead atoms. The van der Waals surface area contributed by atoms with Gasteiger partial charge in [-0.3, -0.25) is 0 Å². The zero-order chi connectivity index (χ0) is 10.1. The summed E-state index contributed by atoms with van der Waals surface area (Å²) in [5, 5.41) is 0.779. The van der Waals surface area contributed by atoms with Gasteiger partial charge in [-0.25, -0.2) is 0 Å². The molecule has 1 saturated carbocycles. The zero-order valence-electron chi connectivity index (χ0n) is 8.25. The van der Waals surface area contributed by atoms with Crippen molar-refractivity contribution in [1.29, 1.82) is 0 Å². The Hall–Kier alpha value is 0.240. The van der Waals surface area contributed by atoms with E-state index >= 15 is 0 Å². The molecule has 15 heavy (non-hydrogen) atoms. The van der Waals surface area contributed by atoms with Crippen LogP contribution in [0.3, 0.4) is 0 Å². The molecule has 0 aromatic heterocycles. The number of rotatable bonds is 3. The highest BCUT2D eigenvalue weighted by molar-refractivity contribution is 9.10. The van der Waals surface area contributed by atoms with Gasteiger partial charge in [-0.1, -0.05) is 40.4 Å². The van der Waals surface area contributed by atoms with E-state index in [0.717, 1.165) is 27.4 Å². The first-order valence-electron chi connectivity index (χ1n) is 4.87. The lowest BCUT2D eigenvalue weighted by Crippen LogP contribution is -2.11. The molecule has 0 unspecified atom stereocenters. The summed E-state index contributed by atoms with van der Waals surface area (Å²) in [5.74, 6) is 0.833. The molecule has 1 nitrogen and oxygen atoms in total. The Morgan fingerprint density at radius 1 is 1.47 bits per heavy atom. The molecule has 4 heteroatoms. The van der Waals surface area contributed by atoms with Crippen molar-refractivity contribution in [1.82, 2.24) is 0 Å². The SMILES string of the molecule is Cl.N[C@H](CC1CC1)c1cc(Br)ccc1Cl. The van der Waals surface area contributed by atoms with Crippen LogP contribution in [0.2, 0.25) is 5.02 Å². The van der Waals surface area contributed by atoms with Crippen molar-refractivity contribution in [2.75, 3.05) is 0 Å². The minimum atomic E-state index is 0. The quantitative estimate of drug-likeness (QED) is 0.884. The van der Waals surface area contributed by atoms with Gasteiger partial charge < -0.3 is 5.73 Å². The average molecular weight is 311 g/mol. The summed E-state index contributed by atoms with van der Waals surface area (Å²) in [6.45, 7) is 0. The van der Waals surface area contributed by atoms with E-state index in [1.54, 1.807) is 0 Å². The van der Waals surface area contributed by atoms with Gasteiger partial charge in [0.25, 0.3) is 0 Å². The smallest absolute Gasteiger partial charge is 0.0454 e. The number of hydrogen-bond acceptors (Lipinski definition) is 1. The van der Waals surface area contributed by atoms with Crippen LogP contribution in [0.15, 0.2) is 22.7 Å². The lowest BCUT2D eigenvalue weighted by molar-refractivity contribution is 0.597. The minimum absolute atomic E-state index is 0. The molecular formula is C11H14BrCl2N. The zero-order valence-corrected chi connectivity index (χ0v) is 11.4. The Kier molecular flexibility index (Phi) is 4.91. The molecule has 1 aliphatic carbocycles. The molecule has 1 atom stereocenters. The Balaban J connectivity index is 0.00000112. The Morgan fingerprint density at radius 3 is 2.73 bits per heavy atom. The van der Waals surface area contributed by atoms with Crippen LogP contribution in [0.4, 0.5) is 0 Å². The van der Waals surface area contributed by atoms with Crippen molar-refractivity contribution >= 4 is 39.9 Å². The Bertz CT molecular complexity index is 339. The van der Waals surface area contributed by atoms with E-state index in [0.29, 0.717) is 0 Å². The molecule has 0 spiro atoms. The van der Waals surface area contributed by atoms with E-state index in [9.17, 15) is 0 Å². The van der Waals surface area contributed by atoms with Gasteiger partial charge in [-0.05, 0) is 36.1 Å². The van der Waals surface area contributed by atoms with E-state index in [4.69, 9.17) is 17.3 Å². The summed E-state index contributed by atoms with van der Waals surface area (Å²) in [4.78, 5) is 0. The topological polar surface area (TPSA) is 26.0 Å². The average Bonchev–Trinajstić information content (AvgIpc) is 2.93. The van der Waals surface area contributed by atoms with Crippen LogP contribution in [0.5, 0.6) is 0 Å². The van der Waals surface area contributed by atoms with Crippen molar-refractivity contribution in [2.45, 2.75) is 25.3 Å². The van der Waals surface area contributed by atoms with Gasteiger partial charge in [0.15, 0.2) is 0 Å². The van der Waals surface area contributed by atoms with Crippen molar-refractivity contribution < 1.29 is 0 Å². The lowest BCUT2D eigenvalue weighted by atomic mass is 10.0. The summed E-state index contributed by atoms with van der Waals surface area (Å²) < 4.78 is 1.04. The Morgan fingerprint density at radius 2 is 2.13 bits per heavy atom. The molecule has 0 aliphatic heterocycles. The summed E-state index contributed by atoms with van der Waals surface area (Å²) >= 11 is 9.53. The van der Waals surface area contributed by atoms with Gasteiger partial charge in [-0.2, -0.15) is 0 Å². The molecule has 1 aromatic rings. The van der Waals surface area contributed by atoms with Crippen LogP contribution < -0.4 is 5.73 Å². The van der Waals surface area contributed by atoms with Gasteiger partial charge in [0, 0.05) is 15.5 Å². The standard InChI is InChI=1S/C11H13BrClN.ClH/c12-8-3-4-10(13)9(6-8)11(14)5-7-1-2-7;/h3-4,6-7,11H,1-2,5,14H2;1H/t11-;/m1./s1. The van der Waals surface area contributed by atoms with Gasteiger partial charge in [0.1, 0.15) is 0 Å². The van der Waals surface area contributed by atoms with Crippen LogP contribution in [-0.2, 0) is 0 Å². The first kappa shape index (κ1) is 13.3. The molecule has 0 saturated heterocycles. The maximum absolute atomic E-state index is 6.10. The molecule has 1 aliphatic rings. The number of hydrogen-bond donors (Lipinski definition) is 1. The van der Waals surface area contributed by atoms with Crippen molar-refractivity contribution in [3.05, 3.63) is 33.3 Å². The normalized spacial score (nSPS) is 17.0. The summed E-state index contributed by atoms with van der Waals surface area (Å²) in [6, 6.07) is 5.95. The van der Waals surface area contributed by atoms with E-state index in [2.05, 4.69) is 15.9 Å². The maximum Gasteiger partial charge on any atom is 0.0454 e. The van der Waals surface area contributed by atoms with Crippen LogP contribution in [0.1, 0.15) is 30.9 Å². The van der Waals surface area contributed by atoms with Crippen LogP contribution in [0.25, 0.3) is 0 Å². The molecule has 0 heterocycles. The number of benzene rings is 1. The number of nitrogens with two attached hydrogens (primary N) is 1. The molecule has 1 aromatic carbocycles. The third-order valence-corrected chi connectivity index (χ3v) is 3.48. The van der Waals surface area contributed by atoms with Crippen molar-refractivity contribution in [3.63, 3.8) is 0 Å². The first-order chi connectivity index (χ1) is 6.66. The van der Waals surface area contributed by atoms with E-state index in [1.807, 2.05) is 18.2 Å². The third kappa shape index (κ3) is 3.63. The van der Waals surface area contributed by atoms with E-state index < -0.39 is 0 Å². The highest BCUT2D eigenvalue weighted by Gasteiger charge is 2.25. The monoisotopic (exact) mass is 309 g/mol. The molecule has 84 valence electrons. The van der Waals surface area contributed by atoms with Crippen molar-refractivity contribution in [3.8, 4) is 0 Å². The first-order valence-corrected chi connectivity index (χ1v) is 6.04. The molecule has 2 rings (SSSR count). The summed E-state index contributed by atoms with van der Waals surface area (Å²) in [7, 11) is 0. The van der Waals surface area contributed by atoms with E-state index in [1.165, 1.54) is 12.8 Å². The van der Waals surface area contributed by atoms with Gasteiger partial charge in [0.05, 0.1) is 0 Å². The fourth-order valence-electron chi connectivity index (χ4n) is 1.64. The lowest BCUT2D eigenvalue weighted by Gasteiger charge is -2.13. The molecule has 0 amide bonds. The summed E-state index contributed by atoms with van der Waals surface area (Å²) in [6.07, 6.45) is 3.73. The fraction of sp³-hybridized carbons (Fsp3) is 0.455. The minimum Gasteiger partial charge on any atom is -0.324 e. The highest BCUT2D eigenvalue weighted by atomic mass is 79.9. The Labute approximate surface area is 110 Å². The summed E-state index contributed by atoms with van der Waals surface area (Å²) in [5.41, 5.74) is 7.16. The second-order valence-corrected chi connectivity index (χ2v) is 5.27. The molecule has 2 N–H and O–H groups in total. The predicted molar refractivity (Wildman–Crippen MR) is 70.7 cm³/mol. The van der Waals surface area contributed by atoms with Gasteiger partial charge in [0.2, 0.25) is 0 Å². The van der Waals surface area contributed by atoms with Crippen LogP contribution in [0, 0.1) is 5.92 Å². The molecular weight excluding hydrogens is 297 g/mol. The van der Waals surface area contributed by atoms with Gasteiger partial charge >= 0.3 is 0 Å². The largest absolute Gasteiger partial charge is 0.324 e. The predicted octanol–water partition coefficient (Wildman–Crippen LogP) is 4.32. The second-order valence-electron chi connectivity index (χ2n) is 3.95. The van der Waals surface area contributed by atoms with Crippen LogP contribution in [-0.4, -0.2) is 0 Å². The van der Waals surface area contributed by atoms with Crippen molar-refractivity contribution in [2.24, 2.45) is 11.7 Å². The highest BCUT2D eigenvalue weighted by Crippen LogP contribution is 2.38. The fourth-order valence-corrected chi connectivity index (χ4v) is 2.27. The second kappa shape index (κ2) is 5.53. The molecule has 0 radical (unpaired) electrons. The third-order valence-electron chi connectivity index (χ3n) is 2.64. The van der Waals surface area contributed by atoms with Crippen LogP contribution >= 0.6 is 39.9 Å². The maximum atomic E-state index is 6.10. The molecule has 1 fully saturated rings. The van der Waals surface area contributed by atoms with Gasteiger partial charge in [-0.15, -0.1) is 12.4 Å².